The van der Waals surface area contributed by atoms with Crippen molar-refractivity contribution in [1.29, 1.82) is 0 Å². The van der Waals surface area contributed by atoms with Gasteiger partial charge in [0.1, 0.15) is 5.52 Å². The van der Waals surface area contributed by atoms with Crippen molar-refractivity contribution < 1.29 is 0 Å². The van der Waals surface area contributed by atoms with Crippen molar-refractivity contribution >= 4 is 34.7 Å². The molecule has 0 aliphatic heterocycles. The average molecular weight is 286 g/mol. The highest BCUT2D eigenvalue weighted by atomic mass is 32.2. The number of hydrogen-bond donors (Lipinski definition) is 3. The van der Waals surface area contributed by atoms with Crippen LogP contribution in [0.1, 0.15) is 0 Å². The van der Waals surface area contributed by atoms with Crippen LogP contribution in [0.25, 0.3) is 11.2 Å². The lowest BCUT2D eigenvalue weighted by Gasteiger charge is -2.06. The molecule has 0 saturated carbocycles. The fraction of sp³-hybridized carbons (Fsp3) is 0.154. The summed E-state index contributed by atoms with van der Waals surface area (Å²) in [5, 5.41) is 3.26. The van der Waals surface area contributed by atoms with Gasteiger partial charge in [-0.05, 0) is 12.1 Å². The van der Waals surface area contributed by atoms with Gasteiger partial charge in [-0.15, -0.1) is 11.8 Å². The quantitative estimate of drug-likeness (QED) is 0.491. The van der Waals surface area contributed by atoms with Crippen LogP contribution in [-0.2, 0) is 0 Å². The third-order valence-electron chi connectivity index (χ3n) is 2.71. The van der Waals surface area contributed by atoms with Gasteiger partial charge in [-0.25, -0.2) is 4.98 Å². The first-order chi connectivity index (χ1) is 9.83. The normalized spacial score (nSPS) is 10.8. The number of nitrogens with zero attached hydrogens (tertiary/aromatic N) is 3. The van der Waals surface area contributed by atoms with Gasteiger partial charge in [0.05, 0.1) is 6.33 Å². The number of nitrogen functional groups attached to an aromatic ring is 1. The summed E-state index contributed by atoms with van der Waals surface area (Å²) in [5.41, 5.74) is 7.02. The van der Waals surface area contributed by atoms with Crippen LogP contribution in [0.5, 0.6) is 0 Å². The zero-order valence-corrected chi connectivity index (χ0v) is 11.5. The average Bonchev–Trinajstić information content (AvgIpc) is 2.92. The first-order valence-corrected chi connectivity index (χ1v) is 7.20. The molecule has 0 aliphatic rings. The fourth-order valence-corrected chi connectivity index (χ4v) is 2.62. The number of benzene rings is 1. The third-order valence-corrected chi connectivity index (χ3v) is 3.72. The zero-order chi connectivity index (χ0) is 13.8. The smallest absolute Gasteiger partial charge is 0.224 e. The first-order valence-electron chi connectivity index (χ1n) is 6.21. The summed E-state index contributed by atoms with van der Waals surface area (Å²) in [6.45, 7) is 0.782. The van der Waals surface area contributed by atoms with Crippen LogP contribution in [0.3, 0.4) is 0 Å². The van der Waals surface area contributed by atoms with Crippen molar-refractivity contribution in [1.82, 2.24) is 19.9 Å². The number of hydrogen-bond acceptors (Lipinski definition) is 6. The maximum Gasteiger partial charge on any atom is 0.224 e. The number of thioether (sulfide) groups is 1. The first kappa shape index (κ1) is 12.7. The topological polar surface area (TPSA) is 92.5 Å². The molecule has 0 unspecified atom stereocenters. The molecule has 0 spiro atoms. The summed E-state index contributed by atoms with van der Waals surface area (Å²) in [5.74, 6) is 1.85. The number of aromatic amines is 1. The lowest BCUT2D eigenvalue weighted by atomic mass is 10.4. The lowest BCUT2D eigenvalue weighted by Crippen LogP contribution is -2.08. The lowest BCUT2D eigenvalue weighted by molar-refractivity contribution is 1.15. The van der Waals surface area contributed by atoms with Crippen LogP contribution < -0.4 is 11.1 Å². The van der Waals surface area contributed by atoms with E-state index < -0.39 is 0 Å². The molecule has 0 fully saturated rings. The van der Waals surface area contributed by atoms with Crippen molar-refractivity contribution in [3.8, 4) is 0 Å². The zero-order valence-electron chi connectivity index (χ0n) is 10.7. The number of aromatic nitrogens is 4. The van der Waals surface area contributed by atoms with Gasteiger partial charge < -0.3 is 16.0 Å². The van der Waals surface area contributed by atoms with E-state index in [1.54, 1.807) is 18.1 Å². The van der Waals surface area contributed by atoms with Crippen LogP contribution in [0.4, 0.5) is 11.8 Å². The molecule has 0 amide bonds. The van der Waals surface area contributed by atoms with E-state index in [2.05, 4.69) is 37.4 Å². The summed E-state index contributed by atoms with van der Waals surface area (Å²) >= 11 is 1.79. The Morgan fingerprint density at radius 1 is 1.20 bits per heavy atom. The minimum Gasteiger partial charge on any atom is -0.368 e. The Morgan fingerprint density at radius 2 is 2.05 bits per heavy atom. The molecule has 0 bridgehead atoms. The van der Waals surface area contributed by atoms with Gasteiger partial charge in [-0.3, -0.25) is 0 Å². The maximum absolute atomic E-state index is 5.66. The second-order valence-corrected chi connectivity index (χ2v) is 5.29. The number of anilines is 2. The highest BCUT2D eigenvalue weighted by Gasteiger charge is 2.07. The van der Waals surface area contributed by atoms with Crippen molar-refractivity contribution in [3.63, 3.8) is 0 Å². The molecule has 0 aliphatic carbocycles. The number of imidazole rings is 1. The monoisotopic (exact) mass is 286 g/mol. The molecule has 3 aromatic rings. The van der Waals surface area contributed by atoms with E-state index >= 15 is 0 Å². The van der Waals surface area contributed by atoms with Gasteiger partial charge in [0.15, 0.2) is 11.5 Å². The predicted molar refractivity (Wildman–Crippen MR) is 81.8 cm³/mol. The highest BCUT2D eigenvalue weighted by molar-refractivity contribution is 7.99. The summed E-state index contributed by atoms with van der Waals surface area (Å²) in [6, 6.07) is 10.3. The summed E-state index contributed by atoms with van der Waals surface area (Å²) in [6.07, 6.45) is 1.59. The molecular weight excluding hydrogens is 272 g/mol. The predicted octanol–water partition coefficient (Wildman–Crippen LogP) is 2.14. The number of rotatable bonds is 5. The van der Waals surface area contributed by atoms with E-state index in [1.165, 1.54) is 4.90 Å². The standard InChI is InChI=1S/C13H14N6S/c14-13-18-11(10-12(19-13)17-8-16-10)15-6-7-20-9-4-2-1-3-5-9/h1-5,8H,6-7H2,(H4,14,15,16,17,18,19). The van der Waals surface area contributed by atoms with Crippen LogP contribution in [0.2, 0.25) is 0 Å². The molecule has 4 N–H and O–H groups in total. The maximum atomic E-state index is 5.66. The van der Waals surface area contributed by atoms with Crippen LogP contribution in [-0.4, -0.2) is 32.2 Å². The molecule has 1 aromatic carbocycles. The molecule has 20 heavy (non-hydrogen) atoms. The highest BCUT2D eigenvalue weighted by Crippen LogP contribution is 2.19. The second-order valence-electron chi connectivity index (χ2n) is 4.12. The third kappa shape index (κ3) is 2.83. The largest absolute Gasteiger partial charge is 0.368 e. The van der Waals surface area contributed by atoms with Gasteiger partial charge in [-0.1, -0.05) is 18.2 Å². The molecule has 6 nitrogen and oxygen atoms in total. The van der Waals surface area contributed by atoms with Gasteiger partial charge in [0, 0.05) is 17.2 Å². The number of fused-ring (bicyclic) bond motifs is 1. The van der Waals surface area contributed by atoms with E-state index in [0.717, 1.165) is 17.8 Å². The van der Waals surface area contributed by atoms with Crippen LogP contribution in [0, 0.1) is 0 Å². The molecule has 2 aromatic heterocycles. The SMILES string of the molecule is Nc1nc(NCCSc2ccccc2)c2[nH]cnc2n1. The van der Waals surface area contributed by atoms with Crippen molar-refractivity contribution in [2.45, 2.75) is 4.90 Å². The molecule has 0 atom stereocenters. The van der Waals surface area contributed by atoms with Gasteiger partial charge in [-0.2, -0.15) is 9.97 Å². The van der Waals surface area contributed by atoms with E-state index in [1.807, 2.05) is 18.2 Å². The van der Waals surface area contributed by atoms with Crippen molar-refractivity contribution in [2.24, 2.45) is 0 Å². The Labute approximate surface area is 120 Å². The van der Waals surface area contributed by atoms with E-state index in [4.69, 9.17) is 5.73 Å². The number of nitrogens with one attached hydrogen (secondary N) is 2. The van der Waals surface area contributed by atoms with Crippen LogP contribution in [0.15, 0.2) is 41.6 Å². The molecular formula is C13H14N6S. The Kier molecular flexibility index (Phi) is 3.69. The molecule has 0 saturated heterocycles. The molecule has 7 heteroatoms. The number of nitrogens with two attached hydrogens (primary N) is 1. The molecule has 2 heterocycles. The number of H-pyrrole nitrogens is 1. The van der Waals surface area contributed by atoms with E-state index in [9.17, 15) is 0 Å². The Balaban J connectivity index is 1.61. The second kappa shape index (κ2) is 5.79. The fourth-order valence-electron chi connectivity index (χ4n) is 1.83. The van der Waals surface area contributed by atoms with Crippen molar-refractivity contribution in [2.75, 3.05) is 23.3 Å². The van der Waals surface area contributed by atoms with Gasteiger partial charge in [0.2, 0.25) is 5.95 Å². The summed E-state index contributed by atoms with van der Waals surface area (Å²) < 4.78 is 0. The van der Waals surface area contributed by atoms with Crippen LogP contribution >= 0.6 is 11.8 Å². The minimum atomic E-state index is 0.225. The Bertz CT molecular complexity index is 696. The summed E-state index contributed by atoms with van der Waals surface area (Å²) in [4.78, 5) is 16.6. The van der Waals surface area contributed by atoms with Crippen molar-refractivity contribution in [3.05, 3.63) is 36.7 Å². The van der Waals surface area contributed by atoms with Gasteiger partial charge >= 0.3 is 0 Å². The minimum absolute atomic E-state index is 0.225. The summed E-state index contributed by atoms with van der Waals surface area (Å²) in [7, 11) is 0. The van der Waals surface area contributed by atoms with E-state index in [-0.39, 0.29) is 5.95 Å². The molecule has 0 radical (unpaired) electrons. The Hall–Kier alpha value is -2.28. The molecule has 3 rings (SSSR count). The van der Waals surface area contributed by atoms with E-state index in [0.29, 0.717) is 11.5 Å². The Morgan fingerprint density at radius 3 is 2.90 bits per heavy atom. The van der Waals surface area contributed by atoms with Gasteiger partial charge in [0.25, 0.3) is 0 Å². The molecule has 102 valence electrons.